The van der Waals surface area contributed by atoms with E-state index in [1.807, 2.05) is 24.4 Å². The number of amides is 1. The van der Waals surface area contributed by atoms with Crippen molar-refractivity contribution in [2.24, 2.45) is 0 Å². The van der Waals surface area contributed by atoms with E-state index in [0.717, 1.165) is 9.35 Å². The Balaban J connectivity index is 2.75. The Morgan fingerprint density at radius 3 is 3.00 bits per heavy atom. The number of methoxy groups -OCH3 is 1. The molecule has 4 nitrogen and oxygen atoms in total. The molecule has 1 N–H and O–H groups in total. The molecule has 0 aliphatic rings. The summed E-state index contributed by atoms with van der Waals surface area (Å²) in [6, 6.07) is 3.63. The van der Waals surface area contributed by atoms with Gasteiger partial charge in [0.05, 0.1) is 6.61 Å². The van der Waals surface area contributed by atoms with Crippen LogP contribution in [0.1, 0.15) is 11.8 Å². The average molecular weight is 329 g/mol. The maximum absolute atomic E-state index is 11.8. The molecule has 6 heteroatoms. The lowest BCUT2D eigenvalue weighted by molar-refractivity contribution is -0.117. The fourth-order valence-electron chi connectivity index (χ4n) is 1.29. The van der Waals surface area contributed by atoms with Gasteiger partial charge in [0, 0.05) is 27.9 Å². The predicted molar refractivity (Wildman–Crippen MR) is 75.1 cm³/mol. The standard InChI is InChI=1S/C12H13BrN2O2S/c1-8(6-17-2)15-12(16)9(5-14)3-11-4-10(13)7-18-11/h3-4,7-8H,6H2,1-2H3,(H,15,16)/b9-3+. The molecule has 96 valence electrons. The largest absolute Gasteiger partial charge is 0.383 e. The summed E-state index contributed by atoms with van der Waals surface area (Å²) in [6.07, 6.45) is 1.57. The number of halogens is 1. The van der Waals surface area contributed by atoms with Gasteiger partial charge in [-0.15, -0.1) is 11.3 Å². The number of nitrogens with zero attached hydrogens (tertiary/aromatic N) is 1. The molecule has 0 saturated carbocycles. The molecule has 0 fully saturated rings. The number of nitrogens with one attached hydrogen (secondary N) is 1. The van der Waals surface area contributed by atoms with Gasteiger partial charge >= 0.3 is 0 Å². The van der Waals surface area contributed by atoms with Crippen LogP contribution in [-0.2, 0) is 9.53 Å². The fraction of sp³-hybridized carbons (Fsp3) is 0.333. The maximum atomic E-state index is 11.8. The molecule has 1 unspecified atom stereocenters. The smallest absolute Gasteiger partial charge is 0.262 e. The van der Waals surface area contributed by atoms with Crippen molar-refractivity contribution in [3.05, 3.63) is 26.4 Å². The monoisotopic (exact) mass is 328 g/mol. The van der Waals surface area contributed by atoms with E-state index in [4.69, 9.17) is 10.00 Å². The van der Waals surface area contributed by atoms with E-state index in [2.05, 4.69) is 21.2 Å². The number of hydrogen-bond donors (Lipinski definition) is 1. The lowest BCUT2D eigenvalue weighted by Crippen LogP contribution is -2.36. The fourth-order valence-corrected chi connectivity index (χ4v) is 2.66. The molecule has 0 bridgehead atoms. The van der Waals surface area contributed by atoms with Crippen LogP contribution in [0.2, 0.25) is 0 Å². The van der Waals surface area contributed by atoms with Gasteiger partial charge < -0.3 is 10.1 Å². The second-order valence-electron chi connectivity index (χ2n) is 3.67. The molecular formula is C12H13BrN2O2S. The van der Waals surface area contributed by atoms with E-state index >= 15 is 0 Å². The minimum atomic E-state index is -0.383. The topological polar surface area (TPSA) is 62.1 Å². The zero-order chi connectivity index (χ0) is 13.5. The number of nitriles is 1. The molecule has 1 aromatic rings. The number of hydrogen-bond acceptors (Lipinski definition) is 4. The van der Waals surface area contributed by atoms with Gasteiger partial charge in [0.25, 0.3) is 5.91 Å². The Kier molecular flexibility index (Phi) is 6.05. The van der Waals surface area contributed by atoms with Crippen LogP contribution >= 0.6 is 27.3 Å². The van der Waals surface area contributed by atoms with Crippen molar-refractivity contribution in [1.29, 1.82) is 5.26 Å². The van der Waals surface area contributed by atoms with Gasteiger partial charge in [0.1, 0.15) is 11.6 Å². The minimum absolute atomic E-state index is 0.0901. The summed E-state index contributed by atoms with van der Waals surface area (Å²) in [4.78, 5) is 12.7. The van der Waals surface area contributed by atoms with E-state index in [1.54, 1.807) is 13.2 Å². The van der Waals surface area contributed by atoms with Gasteiger partial charge in [0.2, 0.25) is 0 Å². The molecule has 0 aliphatic heterocycles. The Labute approximate surface area is 118 Å². The number of rotatable bonds is 5. The average Bonchev–Trinajstić information content (AvgIpc) is 2.71. The van der Waals surface area contributed by atoms with Crippen LogP contribution in [0.5, 0.6) is 0 Å². The highest BCUT2D eigenvalue weighted by Crippen LogP contribution is 2.22. The second kappa shape index (κ2) is 7.31. The van der Waals surface area contributed by atoms with Gasteiger partial charge in [-0.25, -0.2) is 0 Å². The van der Waals surface area contributed by atoms with Gasteiger partial charge in [0.15, 0.2) is 0 Å². The first-order chi connectivity index (χ1) is 8.56. The first kappa shape index (κ1) is 14.9. The summed E-state index contributed by atoms with van der Waals surface area (Å²) in [6.45, 7) is 2.23. The van der Waals surface area contributed by atoms with Crippen LogP contribution in [0, 0.1) is 11.3 Å². The zero-order valence-electron chi connectivity index (χ0n) is 10.1. The van der Waals surface area contributed by atoms with Crippen molar-refractivity contribution >= 4 is 39.2 Å². The zero-order valence-corrected chi connectivity index (χ0v) is 12.5. The SMILES string of the molecule is COCC(C)NC(=O)/C(C#N)=C/c1cc(Br)cs1. The van der Waals surface area contributed by atoms with Gasteiger partial charge in [-0.1, -0.05) is 0 Å². The third kappa shape index (κ3) is 4.61. The Morgan fingerprint density at radius 2 is 2.50 bits per heavy atom. The summed E-state index contributed by atoms with van der Waals surface area (Å²) in [7, 11) is 1.56. The molecule has 1 heterocycles. The first-order valence-electron chi connectivity index (χ1n) is 5.22. The van der Waals surface area contributed by atoms with Gasteiger partial charge in [-0.05, 0) is 35.0 Å². The Bertz CT molecular complexity index is 491. The van der Waals surface area contributed by atoms with Gasteiger partial charge in [-0.2, -0.15) is 5.26 Å². The Morgan fingerprint density at radius 1 is 1.78 bits per heavy atom. The quantitative estimate of drug-likeness (QED) is 0.667. The molecule has 18 heavy (non-hydrogen) atoms. The third-order valence-corrected chi connectivity index (χ3v) is 3.67. The van der Waals surface area contributed by atoms with Crippen molar-refractivity contribution < 1.29 is 9.53 Å². The van der Waals surface area contributed by atoms with Crippen molar-refractivity contribution in [1.82, 2.24) is 5.32 Å². The molecule has 1 amide bonds. The Hall–Kier alpha value is -1.16. The van der Waals surface area contributed by atoms with E-state index < -0.39 is 0 Å². The lowest BCUT2D eigenvalue weighted by atomic mass is 10.2. The van der Waals surface area contributed by atoms with E-state index in [1.165, 1.54) is 11.3 Å². The van der Waals surface area contributed by atoms with Gasteiger partial charge in [-0.3, -0.25) is 4.79 Å². The summed E-state index contributed by atoms with van der Waals surface area (Å²) in [5.41, 5.74) is 0.0901. The molecule has 1 aromatic heterocycles. The van der Waals surface area contributed by atoms with Crippen molar-refractivity contribution in [3.63, 3.8) is 0 Å². The number of thiophene rings is 1. The first-order valence-corrected chi connectivity index (χ1v) is 6.89. The molecule has 0 spiro atoms. The van der Waals surface area contributed by atoms with Crippen LogP contribution in [0.25, 0.3) is 6.08 Å². The van der Waals surface area contributed by atoms with E-state index in [9.17, 15) is 4.79 Å². The van der Waals surface area contributed by atoms with Crippen LogP contribution in [-0.4, -0.2) is 25.7 Å². The van der Waals surface area contributed by atoms with Crippen LogP contribution in [0.3, 0.4) is 0 Å². The normalized spacial score (nSPS) is 12.9. The number of carbonyl (C=O) groups excluding carboxylic acids is 1. The highest BCUT2D eigenvalue weighted by molar-refractivity contribution is 9.10. The number of carbonyl (C=O) groups is 1. The molecule has 0 radical (unpaired) electrons. The summed E-state index contributed by atoms with van der Waals surface area (Å²) in [5, 5.41) is 13.6. The molecule has 1 atom stereocenters. The van der Waals surface area contributed by atoms with E-state index in [0.29, 0.717) is 6.61 Å². The molecule has 1 rings (SSSR count). The third-order valence-electron chi connectivity index (χ3n) is 2.03. The number of ether oxygens (including phenoxy) is 1. The lowest BCUT2D eigenvalue weighted by Gasteiger charge is -2.11. The predicted octanol–water partition coefficient (Wildman–Crippen LogP) is 2.57. The molecule has 0 saturated heterocycles. The van der Waals surface area contributed by atoms with Crippen LogP contribution in [0.15, 0.2) is 21.5 Å². The van der Waals surface area contributed by atoms with E-state index in [-0.39, 0.29) is 17.5 Å². The minimum Gasteiger partial charge on any atom is -0.383 e. The van der Waals surface area contributed by atoms with Crippen LogP contribution in [0.4, 0.5) is 0 Å². The molecule has 0 aliphatic carbocycles. The van der Waals surface area contributed by atoms with Crippen molar-refractivity contribution in [3.8, 4) is 6.07 Å². The summed E-state index contributed by atoms with van der Waals surface area (Å²) >= 11 is 4.78. The van der Waals surface area contributed by atoms with Crippen molar-refractivity contribution in [2.45, 2.75) is 13.0 Å². The van der Waals surface area contributed by atoms with Crippen LogP contribution < -0.4 is 5.32 Å². The van der Waals surface area contributed by atoms with Crippen molar-refractivity contribution in [2.75, 3.05) is 13.7 Å². The summed E-state index contributed by atoms with van der Waals surface area (Å²) in [5.74, 6) is -0.383. The second-order valence-corrected chi connectivity index (χ2v) is 5.53. The molecule has 0 aromatic carbocycles. The maximum Gasteiger partial charge on any atom is 0.262 e. The highest BCUT2D eigenvalue weighted by atomic mass is 79.9. The highest BCUT2D eigenvalue weighted by Gasteiger charge is 2.12. The molecular weight excluding hydrogens is 316 g/mol. The summed E-state index contributed by atoms with van der Waals surface area (Å²) < 4.78 is 5.85.